The largest absolute Gasteiger partial charge is 0.369 e. The van der Waals surface area contributed by atoms with Gasteiger partial charge in [-0.25, -0.2) is 4.98 Å². The third-order valence-corrected chi connectivity index (χ3v) is 5.66. The van der Waals surface area contributed by atoms with E-state index in [1.165, 1.54) is 25.7 Å². The molecule has 0 aromatic carbocycles. The lowest BCUT2D eigenvalue weighted by Gasteiger charge is -2.33. The van der Waals surface area contributed by atoms with Crippen molar-refractivity contribution in [2.24, 2.45) is 22.6 Å². The molecule has 168 valence electrons. The van der Waals surface area contributed by atoms with E-state index in [2.05, 4.69) is 45.4 Å². The summed E-state index contributed by atoms with van der Waals surface area (Å²) in [7, 11) is 1.80. The highest BCUT2D eigenvalue weighted by atomic mass is 16.1. The molecule has 0 radical (unpaired) electrons. The van der Waals surface area contributed by atoms with Crippen molar-refractivity contribution < 1.29 is 4.79 Å². The number of piperidine rings is 1. The highest BCUT2D eigenvalue weighted by molar-refractivity contribution is 5.80. The number of unbranched alkanes of at least 4 members (excludes halogenated alkanes) is 3. The van der Waals surface area contributed by atoms with Gasteiger partial charge in [0.1, 0.15) is 5.82 Å². The number of carbonyl (C=O) groups excluding carboxylic acids is 1. The van der Waals surface area contributed by atoms with Gasteiger partial charge in [-0.05, 0) is 31.2 Å². The van der Waals surface area contributed by atoms with Crippen LogP contribution in [-0.2, 0) is 11.3 Å². The van der Waals surface area contributed by atoms with Gasteiger partial charge >= 0.3 is 0 Å². The van der Waals surface area contributed by atoms with Crippen LogP contribution < -0.4 is 21.3 Å². The molecule has 0 spiro atoms. The monoisotopic (exact) mass is 416 g/mol. The predicted octanol–water partition coefficient (Wildman–Crippen LogP) is 3.05. The Balaban J connectivity index is 1.80. The van der Waals surface area contributed by atoms with Crippen LogP contribution in [0.4, 0.5) is 5.82 Å². The van der Waals surface area contributed by atoms with Gasteiger partial charge in [0.05, 0.1) is 5.92 Å². The van der Waals surface area contributed by atoms with Crippen molar-refractivity contribution in [1.29, 1.82) is 0 Å². The summed E-state index contributed by atoms with van der Waals surface area (Å²) >= 11 is 0. The molecule has 1 fully saturated rings. The molecular formula is C23H40N6O. The van der Waals surface area contributed by atoms with Crippen LogP contribution in [0, 0.1) is 11.8 Å². The zero-order valence-corrected chi connectivity index (χ0v) is 19.0. The van der Waals surface area contributed by atoms with E-state index in [1.54, 1.807) is 13.2 Å². The van der Waals surface area contributed by atoms with Gasteiger partial charge in [-0.15, -0.1) is 0 Å². The summed E-state index contributed by atoms with van der Waals surface area (Å²) in [6.45, 7) is 7.67. The fraction of sp³-hybridized carbons (Fsp3) is 0.696. The highest BCUT2D eigenvalue weighted by Gasteiger charge is 2.25. The maximum Gasteiger partial charge on any atom is 0.222 e. The molecule has 1 atom stereocenters. The molecule has 0 saturated carbocycles. The van der Waals surface area contributed by atoms with Crippen molar-refractivity contribution in [2.75, 3.05) is 31.6 Å². The van der Waals surface area contributed by atoms with Crippen LogP contribution in [0.25, 0.3) is 0 Å². The van der Waals surface area contributed by atoms with E-state index >= 15 is 0 Å². The molecule has 1 aromatic heterocycles. The van der Waals surface area contributed by atoms with E-state index in [0.29, 0.717) is 13.1 Å². The zero-order chi connectivity index (χ0) is 21.8. The molecule has 1 aromatic rings. The molecule has 7 heteroatoms. The van der Waals surface area contributed by atoms with Crippen molar-refractivity contribution in [3.8, 4) is 0 Å². The first-order valence-corrected chi connectivity index (χ1v) is 11.4. The number of nitrogens with two attached hydrogens (primary N) is 1. The molecule has 4 N–H and O–H groups in total. The Morgan fingerprint density at radius 2 is 2.10 bits per heavy atom. The minimum Gasteiger partial charge on any atom is -0.369 e. The molecule has 0 aliphatic carbocycles. The second-order valence-corrected chi connectivity index (χ2v) is 8.62. The van der Waals surface area contributed by atoms with Crippen LogP contribution in [0.5, 0.6) is 0 Å². The van der Waals surface area contributed by atoms with Crippen LogP contribution in [0.3, 0.4) is 0 Å². The second kappa shape index (κ2) is 13.1. The van der Waals surface area contributed by atoms with Gasteiger partial charge in [0, 0.05) is 45.0 Å². The average Bonchev–Trinajstić information content (AvgIpc) is 2.75. The first-order chi connectivity index (χ1) is 14.5. The predicted molar refractivity (Wildman–Crippen MR) is 124 cm³/mol. The number of primary amides is 1. The Hall–Kier alpha value is -2.31. The smallest absolute Gasteiger partial charge is 0.222 e. The molecular weight excluding hydrogens is 376 g/mol. The lowest BCUT2D eigenvalue weighted by atomic mass is 9.97. The number of aromatic nitrogens is 1. The lowest BCUT2D eigenvalue weighted by molar-refractivity contribution is -0.122. The van der Waals surface area contributed by atoms with Crippen LogP contribution >= 0.6 is 0 Å². The van der Waals surface area contributed by atoms with E-state index in [9.17, 15) is 4.79 Å². The van der Waals surface area contributed by atoms with Crippen LogP contribution in [0.2, 0.25) is 0 Å². The minimum absolute atomic E-state index is 0.100. The number of pyridine rings is 1. The van der Waals surface area contributed by atoms with Gasteiger partial charge in [-0.3, -0.25) is 9.79 Å². The Labute approximate surface area is 181 Å². The number of rotatable bonds is 11. The Kier molecular flexibility index (Phi) is 10.5. The van der Waals surface area contributed by atoms with E-state index in [1.807, 2.05) is 6.07 Å². The Bertz CT molecular complexity index is 675. The fourth-order valence-corrected chi connectivity index (χ4v) is 3.89. The quantitative estimate of drug-likeness (QED) is 0.293. The summed E-state index contributed by atoms with van der Waals surface area (Å²) in [6, 6.07) is 4.02. The third-order valence-electron chi connectivity index (χ3n) is 5.66. The summed E-state index contributed by atoms with van der Waals surface area (Å²) in [5, 5.41) is 6.80. The number of nitrogens with zero attached hydrogens (tertiary/aromatic N) is 3. The maximum atomic E-state index is 11.6. The summed E-state index contributed by atoms with van der Waals surface area (Å²) < 4.78 is 0. The first-order valence-electron chi connectivity index (χ1n) is 11.4. The number of nitrogens with one attached hydrogen (secondary N) is 2. The molecule has 1 unspecified atom stereocenters. The summed E-state index contributed by atoms with van der Waals surface area (Å²) in [5.74, 6) is 2.22. The summed E-state index contributed by atoms with van der Waals surface area (Å²) in [6.07, 6.45) is 9.96. The van der Waals surface area contributed by atoms with Gasteiger partial charge in [0.15, 0.2) is 5.96 Å². The van der Waals surface area contributed by atoms with Crippen LogP contribution in [0.1, 0.15) is 64.4 Å². The van der Waals surface area contributed by atoms with E-state index in [-0.39, 0.29) is 11.8 Å². The van der Waals surface area contributed by atoms with Crippen LogP contribution in [-0.4, -0.2) is 43.5 Å². The van der Waals surface area contributed by atoms with Gasteiger partial charge in [-0.1, -0.05) is 45.6 Å². The topological polar surface area (TPSA) is 95.6 Å². The molecule has 1 amide bonds. The minimum atomic E-state index is -0.218. The van der Waals surface area contributed by atoms with Gasteiger partial charge in [0.25, 0.3) is 0 Å². The fourth-order valence-electron chi connectivity index (χ4n) is 3.89. The number of carbonyl (C=O) groups is 1. The van der Waals surface area contributed by atoms with Crippen molar-refractivity contribution in [3.05, 3.63) is 23.9 Å². The lowest BCUT2D eigenvalue weighted by Crippen LogP contribution is -2.42. The normalized spacial score (nSPS) is 17.3. The van der Waals surface area contributed by atoms with Gasteiger partial charge in [0.2, 0.25) is 5.91 Å². The van der Waals surface area contributed by atoms with Gasteiger partial charge < -0.3 is 21.3 Å². The molecule has 30 heavy (non-hydrogen) atoms. The molecule has 1 aliphatic heterocycles. The standard InChI is InChI=1S/C23H40N6O/c1-18(2)10-6-4-5-7-13-27-23(25-3)28-16-19-11-8-14-26-22(19)29-15-9-12-20(17-29)21(24)30/h8,11,14,18,20H,4-7,9-10,12-13,15-17H2,1-3H3,(H2,24,30)(H2,25,27,28). The number of guanidine groups is 1. The summed E-state index contributed by atoms with van der Waals surface area (Å²) in [4.78, 5) is 22.7. The number of anilines is 1. The van der Waals surface area contributed by atoms with Crippen molar-refractivity contribution in [2.45, 2.75) is 65.3 Å². The Morgan fingerprint density at radius 3 is 2.83 bits per heavy atom. The third kappa shape index (κ3) is 8.20. The zero-order valence-electron chi connectivity index (χ0n) is 19.0. The number of hydrogen-bond donors (Lipinski definition) is 3. The molecule has 0 bridgehead atoms. The van der Waals surface area contributed by atoms with Gasteiger partial charge in [-0.2, -0.15) is 0 Å². The highest BCUT2D eigenvalue weighted by Crippen LogP contribution is 2.24. The molecule has 2 rings (SSSR count). The number of amides is 1. The molecule has 2 heterocycles. The summed E-state index contributed by atoms with van der Waals surface area (Å²) in [5.41, 5.74) is 6.63. The molecule has 1 saturated heterocycles. The van der Waals surface area contributed by atoms with Crippen molar-refractivity contribution >= 4 is 17.7 Å². The average molecular weight is 417 g/mol. The maximum absolute atomic E-state index is 11.6. The molecule has 1 aliphatic rings. The van der Waals surface area contributed by atoms with E-state index in [4.69, 9.17) is 5.73 Å². The van der Waals surface area contributed by atoms with Crippen molar-refractivity contribution in [1.82, 2.24) is 15.6 Å². The first kappa shape index (κ1) is 24.0. The van der Waals surface area contributed by atoms with Crippen molar-refractivity contribution in [3.63, 3.8) is 0 Å². The second-order valence-electron chi connectivity index (χ2n) is 8.62. The van der Waals surface area contributed by atoms with Crippen LogP contribution in [0.15, 0.2) is 23.3 Å². The van der Waals surface area contributed by atoms with E-state index in [0.717, 1.165) is 55.6 Å². The SMILES string of the molecule is CN=C(NCCCCCCC(C)C)NCc1cccnc1N1CCCC(C(N)=O)C1. The van der Waals surface area contributed by atoms with E-state index < -0.39 is 0 Å². The molecule has 7 nitrogen and oxygen atoms in total. The Morgan fingerprint density at radius 1 is 1.30 bits per heavy atom. The number of aliphatic imine (C=N–C) groups is 1. The number of hydrogen-bond acceptors (Lipinski definition) is 4.